The lowest BCUT2D eigenvalue weighted by atomic mass is 9.67. The van der Waals surface area contributed by atoms with E-state index in [1.54, 1.807) is 0 Å². The van der Waals surface area contributed by atoms with E-state index in [1.165, 1.54) is 44.2 Å². The second kappa shape index (κ2) is 13.4. The first-order valence-electron chi connectivity index (χ1n) is 20.5. The van der Waals surface area contributed by atoms with E-state index in [2.05, 4.69) is 189 Å². The van der Waals surface area contributed by atoms with E-state index in [0.717, 1.165) is 43.7 Å². The van der Waals surface area contributed by atoms with Gasteiger partial charge in [-0.15, -0.1) is 0 Å². The SMILES string of the molecule is CC1(C)N=C(c2ccc(-c3ccc4c(c3)C(c3ccccc3)(c3ccccc3)c3cc(-c5ccc(C6=NC(C)(C)C(C)(C)S6)cn5)c5ccccc5c3-4)nc2)SC1(C)C. The third-order valence-corrected chi connectivity index (χ3v) is 16.6. The van der Waals surface area contributed by atoms with Crippen LogP contribution in [-0.2, 0) is 5.41 Å². The lowest BCUT2D eigenvalue weighted by Crippen LogP contribution is -2.36. The summed E-state index contributed by atoms with van der Waals surface area (Å²) in [6, 6.07) is 49.1. The first kappa shape index (κ1) is 37.9. The number of aliphatic imine (C=N–C) groups is 2. The van der Waals surface area contributed by atoms with Gasteiger partial charge in [-0.1, -0.05) is 121 Å². The Morgan fingerprint density at radius 1 is 0.424 bits per heavy atom. The van der Waals surface area contributed by atoms with Crippen molar-refractivity contribution in [3.05, 3.63) is 179 Å². The van der Waals surface area contributed by atoms with Gasteiger partial charge in [0.1, 0.15) is 10.1 Å². The summed E-state index contributed by atoms with van der Waals surface area (Å²) in [5.74, 6) is 0. The van der Waals surface area contributed by atoms with E-state index in [1.807, 2.05) is 35.9 Å². The highest BCUT2D eigenvalue weighted by molar-refractivity contribution is 8.16. The van der Waals surface area contributed by atoms with E-state index >= 15 is 0 Å². The van der Waals surface area contributed by atoms with Crippen molar-refractivity contribution >= 4 is 44.4 Å². The molecule has 0 N–H and O–H groups in total. The number of pyridine rings is 2. The number of thioether (sulfide) groups is 2. The van der Waals surface area contributed by atoms with Crippen molar-refractivity contribution in [2.45, 2.75) is 81.4 Å². The topological polar surface area (TPSA) is 50.5 Å². The number of hydrogen-bond donors (Lipinski definition) is 0. The average molecular weight is 805 g/mol. The molecular weight excluding hydrogens is 757 g/mol. The van der Waals surface area contributed by atoms with Gasteiger partial charge in [-0.2, -0.15) is 0 Å². The molecule has 0 unspecified atom stereocenters. The lowest BCUT2D eigenvalue weighted by molar-refractivity contribution is 0.426. The second-order valence-electron chi connectivity index (χ2n) is 18.2. The van der Waals surface area contributed by atoms with Gasteiger partial charge in [-0.25, -0.2) is 0 Å². The minimum absolute atomic E-state index is 0.00257. The maximum atomic E-state index is 5.20. The first-order valence-corrected chi connectivity index (χ1v) is 22.2. The molecule has 2 aromatic heterocycles. The van der Waals surface area contributed by atoms with Crippen molar-refractivity contribution in [1.29, 1.82) is 0 Å². The standard InChI is InChI=1S/C53H48N4S2/c1-49(2)51(5,6)58-47(56-49)34-24-27-44(54-31-34)33-23-26-40-42(29-33)53(36-17-11-9-12-18-36,37-19-13-10-14-20-37)43-30-41(38-21-15-16-22-39(38)46(40)43)45-28-25-35(32-55-45)48-57-50(3,4)52(7,8)59-48/h9-32H,1-8H3. The lowest BCUT2D eigenvalue weighted by Gasteiger charge is -2.34. The Bertz CT molecular complexity index is 2810. The molecule has 292 valence electrons. The molecule has 0 spiro atoms. The Morgan fingerprint density at radius 2 is 0.915 bits per heavy atom. The van der Waals surface area contributed by atoms with Crippen LogP contribution in [0.4, 0.5) is 0 Å². The van der Waals surface area contributed by atoms with Crippen molar-refractivity contribution in [3.63, 3.8) is 0 Å². The van der Waals surface area contributed by atoms with Gasteiger partial charge >= 0.3 is 0 Å². The zero-order chi connectivity index (χ0) is 41.0. The van der Waals surface area contributed by atoms with E-state index < -0.39 is 5.41 Å². The Balaban J connectivity index is 1.17. The second-order valence-corrected chi connectivity index (χ2v) is 21.4. The fourth-order valence-electron chi connectivity index (χ4n) is 8.89. The van der Waals surface area contributed by atoms with Gasteiger partial charge in [-0.05, 0) is 136 Å². The van der Waals surface area contributed by atoms with Crippen molar-refractivity contribution in [2.75, 3.05) is 0 Å². The number of rotatable bonds is 6. The van der Waals surface area contributed by atoms with Gasteiger partial charge < -0.3 is 0 Å². The van der Waals surface area contributed by atoms with E-state index in [9.17, 15) is 0 Å². The Morgan fingerprint density at radius 3 is 1.41 bits per heavy atom. The smallest absolute Gasteiger partial charge is 0.101 e. The zero-order valence-corrected chi connectivity index (χ0v) is 36.6. The van der Waals surface area contributed by atoms with Crippen LogP contribution in [0.15, 0.2) is 156 Å². The summed E-state index contributed by atoms with van der Waals surface area (Å²) in [4.78, 5) is 20.6. The normalized spacial score (nSPS) is 18.9. The molecule has 0 fully saturated rings. The summed E-state index contributed by atoms with van der Waals surface area (Å²) in [6.07, 6.45) is 4.02. The minimum Gasteiger partial charge on any atom is -0.270 e. The quantitative estimate of drug-likeness (QED) is 0.168. The molecule has 4 nitrogen and oxygen atoms in total. The Labute approximate surface area is 356 Å². The van der Waals surface area contributed by atoms with Crippen LogP contribution >= 0.6 is 23.5 Å². The van der Waals surface area contributed by atoms with Gasteiger partial charge in [0.25, 0.3) is 0 Å². The molecule has 3 aliphatic rings. The summed E-state index contributed by atoms with van der Waals surface area (Å²) in [6.45, 7) is 18.0. The summed E-state index contributed by atoms with van der Waals surface area (Å²) in [5.41, 5.74) is 12.8. The van der Waals surface area contributed by atoms with E-state index in [-0.39, 0.29) is 20.6 Å². The molecule has 10 rings (SSSR count). The van der Waals surface area contributed by atoms with Gasteiger partial charge in [0.15, 0.2) is 0 Å². The van der Waals surface area contributed by atoms with Crippen LogP contribution in [0.25, 0.3) is 44.4 Å². The van der Waals surface area contributed by atoms with Crippen molar-refractivity contribution in [1.82, 2.24) is 9.97 Å². The number of aromatic nitrogens is 2. The number of nitrogens with zero attached hydrogens (tertiary/aromatic N) is 4. The van der Waals surface area contributed by atoms with Gasteiger partial charge in [0.2, 0.25) is 0 Å². The zero-order valence-electron chi connectivity index (χ0n) is 35.0. The summed E-state index contributed by atoms with van der Waals surface area (Å²) < 4.78 is 0.0130. The molecule has 2 aliphatic heterocycles. The van der Waals surface area contributed by atoms with Crippen molar-refractivity contribution in [2.24, 2.45) is 9.98 Å². The molecule has 6 heteroatoms. The number of benzene rings is 5. The first-order chi connectivity index (χ1) is 28.2. The average Bonchev–Trinajstić information content (AvgIpc) is 3.75. The highest BCUT2D eigenvalue weighted by atomic mass is 32.2. The molecule has 7 aromatic rings. The van der Waals surface area contributed by atoms with Crippen LogP contribution < -0.4 is 0 Å². The largest absolute Gasteiger partial charge is 0.270 e. The molecule has 4 heterocycles. The fourth-order valence-corrected chi connectivity index (χ4v) is 11.5. The van der Waals surface area contributed by atoms with Crippen LogP contribution in [-0.4, -0.2) is 40.6 Å². The van der Waals surface area contributed by atoms with E-state index in [4.69, 9.17) is 20.0 Å². The van der Waals surface area contributed by atoms with Crippen LogP contribution in [0.5, 0.6) is 0 Å². The molecule has 5 aromatic carbocycles. The molecule has 0 atom stereocenters. The molecule has 0 saturated heterocycles. The predicted molar refractivity (Wildman–Crippen MR) is 252 cm³/mol. The third kappa shape index (κ3) is 5.81. The minimum atomic E-state index is -0.610. The molecule has 0 saturated carbocycles. The van der Waals surface area contributed by atoms with Crippen LogP contribution in [0, 0.1) is 0 Å². The highest BCUT2D eigenvalue weighted by Gasteiger charge is 2.48. The molecule has 59 heavy (non-hydrogen) atoms. The summed E-state index contributed by atoms with van der Waals surface area (Å²) in [5, 5.41) is 4.52. The summed E-state index contributed by atoms with van der Waals surface area (Å²) in [7, 11) is 0. The van der Waals surface area contributed by atoms with Gasteiger partial charge in [0, 0.05) is 44.1 Å². The molecule has 0 bridgehead atoms. The van der Waals surface area contributed by atoms with Crippen molar-refractivity contribution < 1.29 is 0 Å². The van der Waals surface area contributed by atoms with Crippen LogP contribution in [0.1, 0.15) is 88.8 Å². The number of hydrogen-bond acceptors (Lipinski definition) is 6. The monoisotopic (exact) mass is 804 g/mol. The Hall–Kier alpha value is -5.30. The van der Waals surface area contributed by atoms with Crippen LogP contribution in [0.3, 0.4) is 0 Å². The van der Waals surface area contributed by atoms with Crippen LogP contribution in [0.2, 0.25) is 0 Å². The van der Waals surface area contributed by atoms with Crippen molar-refractivity contribution in [3.8, 4) is 33.6 Å². The van der Waals surface area contributed by atoms with E-state index in [0.29, 0.717) is 0 Å². The predicted octanol–water partition coefficient (Wildman–Crippen LogP) is 13.4. The highest BCUT2D eigenvalue weighted by Crippen LogP contribution is 2.59. The third-order valence-electron chi connectivity index (χ3n) is 13.6. The van der Waals surface area contributed by atoms with Gasteiger partial charge in [0.05, 0.1) is 27.9 Å². The molecule has 0 radical (unpaired) electrons. The van der Waals surface area contributed by atoms with Gasteiger partial charge in [-0.3, -0.25) is 20.0 Å². The molecule has 0 amide bonds. The Kier molecular flexibility index (Phi) is 8.59. The maximum absolute atomic E-state index is 5.20. The molecular formula is C53H48N4S2. The molecule has 1 aliphatic carbocycles. The maximum Gasteiger partial charge on any atom is 0.101 e. The fraction of sp³-hybridized carbons (Fsp3) is 0.245. The summed E-state index contributed by atoms with van der Waals surface area (Å²) >= 11 is 3.68. The number of fused-ring (bicyclic) bond motifs is 5.